The lowest BCUT2D eigenvalue weighted by Gasteiger charge is -2.08. The van der Waals surface area contributed by atoms with Crippen LogP contribution in [0.25, 0.3) is 0 Å². The summed E-state index contributed by atoms with van der Waals surface area (Å²) in [4.78, 5) is 0. The Hall–Kier alpha value is -2.71. The van der Waals surface area contributed by atoms with Crippen molar-refractivity contribution >= 4 is 11.4 Å². The number of nitriles is 1. The molecular weight excluding hydrogens is 208 g/mol. The van der Waals surface area contributed by atoms with E-state index < -0.39 is 0 Å². The second kappa shape index (κ2) is 4.88. The number of rotatable bonds is 2. The lowest BCUT2D eigenvalue weighted by Crippen LogP contribution is -1.93. The first-order chi connectivity index (χ1) is 8.33. The molecule has 80 valence electrons. The van der Waals surface area contributed by atoms with Gasteiger partial charge in [-0.05, 0) is 30.3 Å². The molecule has 0 unspecified atom stereocenters. The molecule has 0 fully saturated rings. The summed E-state index contributed by atoms with van der Waals surface area (Å²) in [5.74, 6) is 2.58. The van der Waals surface area contributed by atoms with Gasteiger partial charge in [-0.15, -0.1) is 6.42 Å². The van der Waals surface area contributed by atoms with Gasteiger partial charge in [0, 0.05) is 11.3 Å². The maximum Gasteiger partial charge on any atom is 0.101 e. The third kappa shape index (κ3) is 2.45. The number of nitrogens with one attached hydrogen (secondary N) is 1. The summed E-state index contributed by atoms with van der Waals surface area (Å²) in [6.07, 6.45) is 5.34. The van der Waals surface area contributed by atoms with Crippen LogP contribution < -0.4 is 5.32 Å². The molecule has 0 amide bonds. The highest BCUT2D eigenvalue weighted by Crippen LogP contribution is 2.20. The molecule has 0 aliphatic rings. The number of terminal acetylenes is 1. The molecule has 2 nitrogen and oxygen atoms in total. The Morgan fingerprint density at radius 3 is 2.65 bits per heavy atom. The van der Waals surface area contributed by atoms with Crippen molar-refractivity contribution in [3.05, 3.63) is 59.7 Å². The summed E-state index contributed by atoms with van der Waals surface area (Å²) in [6, 6.07) is 17.0. The van der Waals surface area contributed by atoms with Crippen LogP contribution in [0.5, 0.6) is 0 Å². The molecule has 0 aliphatic heterocycles. The van der Waals surface area contributed by atoms with Crippen molar-refractivity contribution < 1.29 is 0 Å². The quantitative estimate of drug-likeness (QED) is 0.785. The molecule has 2 aromatic rings. The van der Waals surface area contributed by atoms with Crippen LogP contribution in [-0.4, -0.2) is 0 Å². The third-order valence-corrected chi connectivity index (χ3v) is 2.36. The molecule has 2 heteroatoms. The molecule has 0 aromatic heterocycles. The monoisotopic (exact) mass is 218 g/mol. The average Bonchev–Trinajstić information content (AvgIpc) is 2.39. The maximum absolute atomic E-state index is 8.97. The highest BCUT2D eigenvalue weighted by Gasteiger charge is 2.00. The Morgan fingerprint density at radius 1 is 1.06 bits per heavy atom. The van der Waals surface area contributed by atoms with E-state index in [1.54, 1.807) is 6.07 Å². The van der Waals surface area contributed by atoms with E-state index in [0.29, 0.717) is 5.56 Å². The van der Waals surface area contributed by atoms with Gasteiger partial charge in [-0.3, -0.25) is 0 Å². The Bertz CT molecular complexity index is 615. The van der Waals surface area contributed by atoms with Crippen LogP contribution in [0.1, 0.15) is 11.1 Å². The Morgan fingerprint density at radius 2 is 1.88 bits per heavy atom. The number of anilines is 2. The van der Waals surface area contributed by atoms with Gasteiger partial charge in [0.05, 0.1) is 11.3 Å². The van der Waals surface area contributed by atoms with Crippen molar-refractivity contribution in [1.29, 1.82) is 5.26 Å². The largest absolute Gasteiger partial charge is 0.354 e. The summed E-state index contributed by atoms with van der Waals surface area (Å²) in [6.45, 7) is 0. The van der Waals surface area contributed by atoms with Crippen molar-refractivity contribution in [2.45, 2.75) is 0 Å². The summed E-state index contributed by atoms with van der Waals surface area (Å²) < 4.78 is 0. The fraction of sp³-hybridized carbons (Fsp3) is 0. The second-order valence-electron chi connectivity index (χ2n) is 3.51. The van der Waals surface area contributed by atoms with Gasteiger partial charge in [0.15, 0.2) is 0 Å². The molecule has 17 heavy (non-hydrogen) atoms. The minimum absolute atomic E-state index is 0.610. The van der Waals surface area contributed by atoms with Crippen LogP contribution in [-0.2, 0) is 0 Å². The molecule has 0 bridgehead atoms. The van der Waals surface area contributed by atoms with Gasteiger partial charge in [-0.25, -0.2) is 0 Å². The number of hydrogen-bond acceptors (Lipinski definition) is 2. The first-order valence-corrected chi connectivity index (χ1v) is 5.16. The van der Waals surface area contributed by atoms with E-state index in [1.165, 1.54) is 0 Å². The highest BCUT2D eigenvalue weighted by atomic mass is 14.9. The van der Waals surface area contributed by atoms with Crippen LogP contribution in [0.3, 0.4) is 0 Å². The highest BCUT2D eigenvalue weighted by molar-refractivity contribution is 5.67. The molecule has 0 saturated carbocycles. The van der Waals surface area contributed by atoms with E-state index in [9.17, 15) is 0 Å². The average molecular weight is 218 g/mol. The van der Waals surface area contributed by atoms with Gasteiger partial charge >= 0.3 is 0 Å². The second-order valence-corrected chi connectivity index (χ2v) is 3.51. The normalized spacial score (nSPS) is 9.06. The molecule has 0 radical (unpaired) electrons. The zero-order chi connectivity index (χ0) is 12.1. The summed E-state index contributed by atoms with van der Waals surface area (Å²) >= 11 is 0. The zero-order valence-electron chi connectivity index (χ0n) is 9.14. The van der Waals surface area contributed by atoms with E-state index in [0.717, 1.165) is 16.9 Å². The van der Waals surface area contributed by atoms with E-state index in [4.69, 9.17) is 11.7 Å². The van der Waals surface area contributed by atoms with Crippen molar-refractivity contribution in [1.82, 2.24) is 0 Å². The minimum atomic E-state index is 0.610. The SMILES string of the molecule is C#Cc1cccc(Nc2ccccc2C#N)c1. The predicted octanol–water partition coefficient (Wildman–Crippen LogP) is 3.28. The third-order valence-electron chi connectivity index (χ3n) is 2.36. The van der Waals surface area contributed by atoms with Crippen LogP contribution in [0, 0.1) is 23.7 Å². The summed E-state index contributed by atoms with van der Waals surface area (Å²) in [7, 11) is 0. The van der Waals surface area contributed by atoms with Crippen molar-refractivity contribution in [3.8, 4) is 18.4 Å². The van der Waals surface area contributed by atoms with E-state index >= 15 is 0 Å². The van der Waals surface area contributed by atoms with Crippen molar-refractivity contribution in [3.63, 3.8) is 0 Å². The van der Waals surface area contributed by atoms with Crippen LogP contribution in [0.4, 0.5) is 11.4 Å². The maximum atomic E-state index is 8.97. The van der Waals surface area contributed by atoms with E-state index in [-0.39, 0.29) is 0 Å². The van der Waals surface area contributed by atoms with Crippen molar-refractivity contribution in [2.24, 2.45) is 0 Å². The minimum Gasteiger partial charge on any atom is -0.354 e. The lowest BCUT2D eigenvalue weighted by atomic mass is 10.1. The van der Waals surface area contributed by atoms with E-state index in [2.05, 4.69) is 17.3 Å². The number of para-hydroxylation sites is 1. The van der Waals surface area contributed by atoms with Gasteiger partial charge in [-0.2, -0.15) is 5.26 Å². The first-order valence-electron chi connectivity index (χ1n) is 5.16. The van der Waals surface area contributed by atoms with Gasteiger partial charge in [-0.1, -0.05) is 24.1 Å². The fourth-order valence-corrected chi connectivity index (χ4v) is 1.53. The molecule has 1 N–H and O–H groups in total. The van der Waals surface area contributed by atoms with Crippen LogP contribution in [0.2, 0.25) is 0 Å². The first kappa shape index (κ1) is 10.8. The fourth-order valence-electron chi connectivity index (χ4n) is 1.53. The number of nitrogens with zero attached hydrogens (tertiary/aromatic N) is 1. The number of hydrogen-bond donors (Lipinski definition) is 1. The molecule has 0 atom stereocenters. The molecule has 0 spiro atoms. The van der Waals surface area contributed by atoms with Crippen molar-refractivity contribution in [2.75, 3.05) is 5.32 Å². The molecule has 2 aromatic carbocycles. The molecule has 0 heterocycles. The Balaban J connectivity index is 2.32. The predicted molar refractivity (Wildman–Crippen MR) is 68.8 cm³/mol. The smallest absolute Gasteiger partial charge is 0.101 e. The van der Waals surface area contributed by atoms with Crippen LogP contribution >= 0.6 is 0 Å². The van der Waals surface area contributed by atoms with Gasteiger partial charge < -0.3 is 5.32 Å². The summed E-state index contributed by atoms with van der Waals surface area (Å²) in [5.41, 5.74) is 3.08. The van der Waals surface area contributed by atoms with E-state index in [1.807, 2.05) is 42.5 Å². The topological polar surface area (TPSA) is 35.8 Å². The van der Waals surface area contributed by atoms with Gasteiger partial charge in [0.1, 0.15) is 6.07 Å². The lowest BCUT2D eigenvalue weighted by molar-refractivity contribution is 1.46. The molecule has 0 aliphatic carbocycles. The molecular formula is C15H10N2. The van der Waals surface area contributed by atoms with Gasteiger partial charge in [0.2, 0.25) is 0 Å². The van der Waals surface area contributed by atoms with Gasteiger partial charge in [0.25, 0.3) is 0 Å². The molecule has 2 rings (SSSR count). The Kier molecular flexibility index (Phi) is 3.10. The summed E-state index contributed by atoms with van der Waals surface area (Å²) in [5, 5.41) is 12.2. The standard InChI is InChI=1S/C15H10N2/c1-2-12-6-5-8-14(10-12)17-15-9-4-3-7-13(15)11-16/h1,3-10,17H. The Labute approximate surface area is 101 Å². The zero-order valence-corrected chi connectivity index (χ0v) is 9.14. The molecule has 0 saturated heterocycles. The number of benzene rings is 2. The van der Waals surface area contributed by atoms with Crippen LogP contribution in [0.15, 0.2) is 48.5 Å².